The third-order valence-electron chi connectivity index (χ3n) is 4.63. The van der Waals surface area contributed by atoms with E-state index in [1.807, 2.05) is 0 Å². The molecule has 1 amide bonds. The fourth-order valence-corrected chi connectivity index (χ4v) is 3.01. The summed E-state index contributed by atoms with van der Waals surface area (Å²) in [5.74, 6) is -2.39. The summed E-state index contributed by atoms with van der Waals surface area (Å²) in [5.41, 5.74) is 4.79. The second-order valence-electron chi connectivity index (χ2n) is 6.91. The average Bonchev–Trinajstić information content (AvgIpc) is 3.03. The molecule has 3 rings (SSSR count). The molecule has 0 aliphatic rings. The lowest BCUT2D eigenvalue weighted by atomic mass is 10.1. The first kappa shape index (κ1) is 21.0. The Morgan fingerprint density at radius 2 is 1.90 bits per heavy atom. The number of hydrogen-bond donors (Lipinski definition) is 3. The van der Waals surface area contributed by atoms with Crippen molar-refractivity contribution in [3.63, 3.8) is 0 Å². The molecule has 1 unspecified atom stereocenters. The number of aromatic nitrogens is 2. The van der Waals surface area contributed by atoms with Crippen molar-refractivity contribution >= 4 is 34.9 Å². The maximum Gasteiger partial charge on any atom is 0.339 e. The molecule has 1 aromatic heterocycles. The smallest absolute Gasteiger partial charge is 0.339 e. The predicted molar refractivity (Wildman–Crippen MR) is 108 cm³/mol. The van der Waals surface area contributed by atoms with Gasteiger partial charge in [0.2, 0.25) is 0 Å². The van der Waals surface area contributed by atoms with Crippen LogP contribution in [0.15, 0.2) is 36.4 Å². The zero-order chi connectivity index (χ0) is 22.1. The molecule has 0 bridgehead atoms. The number of primary amides is 1. The molecule has 0 saturated carbocycles. The number of methoxy groups -OCH3 is 1. The highest BCUT2D eigenvalue weighted by molar-refractivity contribution is 6.03. The number of hydrogen-bond acceptors (Lipinski definition) is 5. The van der Waals surface area contributed by atoms with Crippen molar-refractivity contribution in [2.45, 2.75) is 19.1 Å². The molecule has 8 nitrogen and oxygen atoms in total. The Balaban J connectivity index is 2.20. The van der Waals surface area contributed by atoms with Crippen molar-refractivity contribution in [1.29, 1.82) is 0 Å². The number of carbonyl (C=O) groups excluding carboxylic acids is 1. The SMILES string of the molecule is COc1c(C(=O)O)ccc2c1c(C=Cc1ccc(F)cc1)nn2CC(C)(O)C(N)=O. The molecule has 4 N–H and O–H groups in total. The first-order valence-corrected chi connectivity index (χ1v) is 8.91. The Hall–Kier alpha value is -3.72. The van der Waals surface area contributed by atoms with E-state index in [4.69, 9.17) is 10.5 Å². The first-order chi connectivity index (χ1) is 14.1. The minimum atomic E-state index is -1.88. The van der Waals surface area contributed by atoms with Gasteiger partial charge >= 0.3 is 5.97 Å². The maximum absolute atomic E-state index is 13.1. The lowest BCUT2D eigenvalue weighted by Gasteiger charge is -2.19. The number of benzene rings is 2. The van der Waals surface area contributed by atoms with Crippen molar-refractivity contribution in [2.75, 3.05) is 7.11 Å². The zero-order valence-corrected chi connectivity index (χ0v) is 16.3. The van der Waals surface area contributed by atoms with Crippen LogP contribution in [-0.4, -0.2) is 44.6 Å². The minimum absolute atomic E-state index is 0.0670. The molecule has 0 fully saturated rings. The van der Waals surface area contributed by atoms with Crippen molar-refractivity contribution in [3.8, 4) is 5.75 Å². The van der Waals surface area contributed by atoms with Crippen LogP contribution in [0.4, 0.5) is 4.39 Å². The summed E-state index contributed by atoms with van der Waals surface area (Å²) in [6.07, 6.45) is 3.28. The van der Waals surface area contributed by atoms with Crippen LogP contribution in [0.25, 0.3) is 23.1 Å². The van der Waals surface area contributed by atoms with Crippen LogP contribution in [-0.2, 0) is 11.3 Å². The van der Waals surface area contributed by atoms with Gasteiger partial charge in [-0.2, -0.15) is 5.10 Å². The van der Waals surface area contributed by atoms with E-state index >= 15 is 0 Å². The molecule has 0 aliphatic heterocycles. The Morgan fingerprint density at radius 3 is 2.47 bits per heavy atom. The van der Waals surface area contributed by atoms with E-state index in [0.29, 0.717) is 22.2 Å². The molecule has 2 aromatic carbocycles. The number of rotatable bonds is 7. The summed E-state index contributed by atoms with van der Waals surface area (Å²) < 4.78 is 19.8. The molecular weight excluding hydrogens is 393 g/mol. The van der Waals surface area contributed by atoms with Crippen LogP contribution in [0.3, 0.4) is 0 Å². The number of carboxylic acid groups (broad SMARTS) is 1. The lowest BCUT2D eigenvalue weighted by Crippen LogP contribution is -2.44. The number of aromatic carboxylic acids is 1. The van der Waals surface area contributed by atoms with Gasteiger partial charge in [-0.15, -0.1) is 0 Å². The Bertz CT molecular complexity index is 1150. The van der Waals surface area contributed by atoms with Crippen molar-refractivity contribution in [3.05, 3.63) is 59.0 Å². The van der Waals surface area contributed by atoms with Crippen molar-refractivity contribution < 1.29 is 28.9 Å². The summed E-state index contributed by atoms with van der Waals surface area (Å²) in [6, 6.07) is 8.63. The number of carbonyl (C=O) groups is 2. The summed E-state index contributed by atoms with van der Waals surface area (Å²) in [6.45, 7) is 1.01. The summed E-state index contributed by atoms with van der Waals surface area (Å²) in [5, 5.41) is 24.6. The maximum atomic E-state index is 13.1. The van der Waals surface area contributed by atoms with Gasteiger partial charge < -0.3 is 20.7 Å². The van der Waals surface area contributed by atoms with Gasteiger partial charge in [0.25, 0.3) is 5.91 Å². The van der Waals surface area contributed by atoms with Gasteiger partial charge in [0.1, 0.15) is 17.1 Å². The monoisotopic (exact) mass is 413 g/mol. The van der Waals surface area contributed by atoms with E-state index in [0.717, 1.165) is 0 Å². The summed E-state index contributed by atoms with van der Waals surface area (Å²) in [7, 11) is 1.34. The number of fused-ring (bicyclic) bond motifs is 1. The van der Waals surface area contributed by atoms with Gasteiger partial charge in [-0.05, 0) is 42.8 Å². The highest BCUT2D eigenvalue weighted by Gasteiger charge is 2.30. The number of nitrogens with zero attached hydrogens (tertiary/aromatic N) is 2. The van der Waals surface area contributed by atoms with Crippen LogP contribution < -0.4 is 10.5 Å². The van der Waals surface area contributed by atoms with E-state index in [1.165, 1.54) is 43.0 Å². The number of amides is 1. The Labute approximate surface area is 171 Å². The third kappa shape index (κ3) is 4.01. The first-order valence-electron chi connectivity index (χ1n) is 8.91. The quantitative estimate of drug-likeness (QED) is 0.545. The van der Waals surface area contributed by atoms with Crippen LogP contribution in [0.5, 0.6) is 5.75 Å². The van der Waals surface area contributed by atoms with E-state index < -0.39 is 17.5 Å². The van der Waals surface area contributed by atoms with Gasteiger partial charge in [0.15, 0.2) is 5.60 Å². The van der Waals surface area contributed by atoms with Gasteiger partial charge in [0.05, 0.1) is 30.3 Å². The molecule has 0 radical (unpaired) electrons. The molecule has 1 atom stereocenters. The summed E-state index contributed by atoms with van der Waals surface area (Å²) >= 11 is 0. The van der Waals surface area contributed by atoms with Gasteiger partial charge in [-0.3, -0.25) is 9.48 Å². The Morgan fingerprint density at radius 1 is 1.23 bits per heavy atom. The molecule has 30 heavy (non-hydrogen) atoms. The van der Waals surface area contributed by atoms with Crippen molar-refractivity contribution in [2.24, 2.45) is 5.73 Å². The second kappa shape index (κ2) is 7.96. The lowest BCUT2D eigenvalue weighted by molar-refractivity contribution is -0.135. The van der Waals surface area contributed by atoms with Crippen LogP contribution >= 0.6 is 0 Å². The molecule has 0 saturated heterocycles. The molecule has 0 aliphatic carbocycles. The summed E-state index contributed by atoms with van der Waals surface area (Å²) in [4.78, 5) is 23.2. The average molecular weight is 413 g/mol. The zero-order valence-electron chi connectivity index (χ0n) is 16.3. The molecule has 9 heteroatoms. The van der Waals surface area contributed by atoms with Gasteiger partial charge in [0, 0.05) is 0 Å². The fourth-order valence-electron chi connectivity index (χ4n) is 3.01. The molecule has 3 aromatic rings. The van der Waals surface area contributed by atoms with Crippen LogP contribution in [0.1, 0.15) is 28.5 Å². The van der Waals surface area contributed by atoms with E-state index in [2.05, 4.69) is 5.10 Å². The van der Waals surface area contributed by atoms with E-state index in [-0.39, 0.29) is 23.7 Å². The molecule has 0 spiro atoms. The number of nitrogens with two attached hydrogens (primary N) is 1. The number of aliphatic hydroxyl groups is 1. The topological polar surface area (TPSA) is 128 Å². The van der Waals surface area contributed by atoms with E-state index in [1.54, 1.807) is 24.3 Å². The standard InChI is InChI=1S/C21H20FN3O5/c1-21(29,20(23)28)11-25-16-10-8-14(19(26)27)18(30-2)17(16)15(24-25)9-5-12-3-6-13(22)7-4-12/h3-10,29H,11H2,1-2H3,(H2,23,28)(H,26,27). The number of ether oxygens (including phenoxy) is 1. The molecular formula is C21H20FN3O5. The molecule has 156 valence electrons. The highest BCUT2D eigenvalue weighted by Crippen LogP contribution is 2.34. The number of carboxylic acids is 1. The highest BCUT2D eigenvalue weighted by atomic mass is 19.1. The third-order valence-corrected chi connectivity index (χ3v) is 4.63. The van der Waals surface area contributed by atoms with Crippen LogP contribution in [0.2, 0.25) is 0 Å². The van der Waals surface area contributed by atoms with Crippen LogP contribution in [0, 0.1) is 5.82 Å². The van der Waals surface area contributed by atoms with Gasteiger partial charge in [-0.25, -0.2) is 9.18 Å². The largest absolute Gasteiger partial charge is 0.495 e. The van der Waals surface area contributed by atoms with Gasteiger partial charge in [-0.1, -0.05) is 18.2 Å². The normalized spacial score (nSPS) is 13.5. The fraction of sp³-hybridized carbons (Fsp3) is 0.190. The molecule has 1 heterocycles. The number of halogens is 1. The second-order valence-corrected chi connectivity index (χ2v) is 6.91. The van der Waals surface area contributed by atoms with Crippen molar-refractivity contribution in [1.82, 2.24) is 9.78 Å². The van der Waals surface area contributed by atoms with E-state index in [9.17, 15) is 24.2 Å². The Kier molecular flexibility index (Phi) is 5.57. The minimum Gasteiger partial charge on any atom is -0.495 e. The predicted octanol–water partition coefficient (Wildman–Crippen LogP) is 2.29.